The molecule has 0 saturated heterocycles. The van der Waals surface area contributed by atoms with Crippen molar-refractivity contribution in [1.29, 1.82) is 0 Å². The zero-order valence-electron chi connectivity index (χ0n) is 17.6. The molecule has 4 aromatic rings. The fraction of sp³-hybridized carbons (Fsp3) is 0.200. The number of carbonyl (C=O) groups excluding carboxylic acids is 1. The molecule has 1 amide bonds. The van der Waals surface area contributed by atoms with Gasteiger partial charge in [0.15, 0.2) is 0 Å². The first-order valence-corrected chi connectivity index (χ1v) is 10.3. The molecular weight excluding hydrogens is 388 g/mol. The Morgan fingerprint density at radius 1 is 1.06 bits per heavy atom. The number of para-hydroxylation sites is 1. The first-order chi connectivity index (χ1) is 15.0. The summed E-state index contributed by atoms with van der Waals surface area (Å²) in [4.78, 5) is 34.7. The number of hydrogen-bond acceptors (Lipinski definition) is 4. The normalized spacial score (nSPS) is 11.9. The molecule has 0 aliphatic rings. The van der Waals surface area contributed by atoms with Crippen LogP contribution in [-0.2, 0) is 11.2 Å². The molecule has 0 aliphatic carbocycles. The number of rotatable bonds is 6. The van der Waals surface area contributed by atoms with Gasteiger partial charge < -0.3 is 5.32 Å². The van der Waals surface area contributed by atoms with Crippen molar-refractivity contribution in [3.8, 4) is 5.69 Å². The Labute approximate surface area is 180 Å². The first kappa shape index (κ1) is 20.5. The van der Waals surface area contributed by atoms with Crippen LogP contribution in [0.5, 0.6) is 0 Å². The Hall–Kier alpha value is -3.80. The number of carbonyl (C=O) groups is 1. The van der Waals surface area contributed by atoms with Gasteiger partial charge in [0, 0.05) is 25.2 Å². The molecule has 2 heterocycles. The fourth-order valence-electron chi connectivity index (χ4n) is 3.56. The second-order valence-electron chi connectivity index (χ2n) is 7.60. The van der Waals surface area contributed by atoms with E-state index in [1.807, 2.05) is 68.4 Å². The number of aryl methyl sites for hydroxylation is 2. The summed E-state index contributed by atoms with van der Waals surface area (Å²) in [6.45, 7) is 3.92. The van der Waals surface area contributed by atoms with Gasteiger partial charge >= 0.3 is 0 Å². The lowest BCUT2D eigenvalue weighted by Crippen LogP contribution is -2.29. The Morgan fingerprint density at radius 3 is 2.58 bits per heavy atom. The van der Waals surface area contributed by atoms with Gasteiger partial charge in [-0.1, -0.05) is 35.9 Å². The Kier molecular flexibility index (Phi) is 5.89. The lowest BCUT2D eigenvalue weighted by molar-refractivity contribution is -0.121. The van der Waals surface area contributed by atoms with Gasteiger partial charge in [0.25, 0.3) is 5.56 Å². The van der Waals surface area contributed by atoms with Gasteiger partial charge in [0.05, 0.1) is 22.6 Å². The average molecular weight is 412 g/mol. The number of benzene rings is 2. The largest absolute Gasteiger partial charge is 0.350 e. The quantitative estimate of drug-likeness (QED) is 0.521. The first-order valence-electron chi connectivity index (χ1n) is 10.3. The second kappa shape index (κ2) is 8.92. The smallest absolute Gasteiger partial charge is 0.265 e. The van der Waals surface area contributed by atoms with Crippen molar-refractivity contribution in [2.45, 2.75) is 32.7 Å². The predicted molar refractivity (Wildman–Crippen MR) is 121 cm³/mol. The van der Waals surface area contributed by atoms with E-state index in [0.29, 0.717) is 23.1 Å². The van der Waals surface area contributed by atoms with Crippen molar-refractivity contribution in [3.05, 3.63) is 100 Å². The third-order valence-corrected chi connectivity index (χ3v) is 5.27. The van der Waals surface area contributed by atoms with Crippen LogP contribution in [0, 0.1) is 6.92 Å². The van der Waals surface area contributed by atoms with Crippen molar-refractivity contribution in [2.24, 2.45) is 0 Å². The third-order valence-electron chi connectivity index (χ3n) is 5.27. The van der Waals surface area contributed by atoms with Gasteiger partial charge in [-0.2, -0.15) is 0 Å². The third kappa shape index (κ3) is 4.53. The maximum Gasteiger partial charge on any atom is 0.265 e. The van der Waals surface area contributed by atoms with Crippen LogP contribution in [0.25, 0.3) is 16.6 Å². The minimum atomic E-state index is -0.148. The van der Waals surface area contributed by atoms with E-state index >= 15 is 0 Å². The minimum Gasteiger partial charge on any atom is -0.350 e. The van der Waals surface area contributed by atoms with Gasteiger partial charge in [-0.3, -0.25) is 19.1 Å². The number of hydrogen-bond donors (Lipinski definition) is 1. The van der Waals surface area contributed by atoms with Crippen LogP contribution < -0.4 is 10.9 Å². The van der Waals surface area contributed by atoms with E-state index < -0.39 is 0 Å². The van der Waals surface area contributed by atoms with E-state index in [4.69, 9.17) is 4.98 Å². The van der Waals surface area contributed by atoms with Gasteiger partial charge in [-0.15, -0.1) is 0 Å². The van der Waals surface area contributed by atoms with Crippen LogP contribution in [0.4, 0.5) is 0 Å². The number of nitrogens with zero attached hydrogens (tertiary/aromatic N) is 3. The molecule has 0 spiro atoms. The zero-order valence-corrected chi connectivity index (χ0v) is 17.6. The maximum atomic E-state index is 13.3. The molecule has 1 unspecified atom stereocenters. The monoisotopic (exact) mass is 412 g/mol. The van der Waals surface area contributed by atoms with Gasteiger partial charge in [0.1, 0.15) is 5.82 Å². The molecule has 0 bridgehead atoms. The molecule has 2 aromatic heterocycles. The van der Waals surface area contributed by atoms with Gasteiger partial charge in [-0.05, 0) is 49.7 Å². The highest BCUT2D eigenvalue weighted by atomic mass is 16.1. The molecular formula is C25H24N4O2. The summed E-state index contributed by atoms with van der Waals surface area (Å²) in [5, 5.41) is 3.55. The highest BCUT2D eigenvalue weighted by molar-refractivity contribution is 5.78. The Bertz CT molecular complexity index is 1260. The number of pyridine rings is 1. The molecule has 0 aliphatic heterocycles. The zero-order chi connectivity index (χ0) is 21.8. The highest BCUT2D eigenvalue weighted by Gasteiger charge is 2.15. The van der Waals surface area contributed by atoms with Crippen molar-refractivity contribution >= 4 is 16.8 Å². The summed E-state index contributed by atoms with van der Waals surface area (Å²) in [5.74, 6) is 0.464. The van der Waals surface area contributed by atoms with E-state index in [9.17, 15) is 9.59 Å². The summed E-state index contributed by atoms with van der Waals surface area (Å²) in [5.41, 5.74) is 3.30. The molecule has 31 heavy (non-hydrogen) atoms. The Morgan fingerprint density at radius 2 is 1.84 bits per heavy atom. The van der Waals surface area contributed by atoms with Gasteiger partial charge in [-0.25, -0.2) is 4.98 Å². The van der Waals surface area contributed by atoms with Crippen molar-refractivity contribution in [2.75, 3.05) is 0 Å². The molecule has 0 saturated carbocycles. The summed E-state index contributed by atoms with van der Waals surface area (Å²) in [7, 11) is 0. The number of nitrogens with one attached hydrogen (secondary N) is 1. The molecule has 4 rings (SSSR count). The van der Waals surface area contributed by atoms with Crippen molar-refractivity contribution < 1.29 is 4.79 Å². The van der Waals surface area contributed by atoms with E-state index in [0.717, 1.165) is 16.8 Å². The summed E-state index contributed by atoms with van der Waals surface area (Å²) in [6, 6.07) is 18.6. The molecule has 6 heteroatoms. The average Bonchev–Trinajstić information content (AvgIpc) is 2.79. The van der Waals surface area contributed by atoms with Crippen LogP contribution in [0.3, 0.4) is 0 Å². The maximum absolute atomic E-state index is 13.3. The van der Waals surface area contributed by atoms with E-state index in [2.05, 4.69) is 10.3 Å². The summed E-state index contributed by atoms with van der Waals surface area (Å²) in [6.07, 6.45) is 4.01. The molecule has 2 aromatic carbocycles. The SMILES string of the molecule is Cc1ccc(-n2c(CCC(=O)NC(C)c3cccnc3)nc3ccccc3c2=O)cc1. The molecule has 6 nitrogen and oxygen atoms in total. The molecule has 0 radical (unpaired) electrons. The summed E-state index contributed by atoms with van der Waals surface area (Å²) >= 11 is 0. The van der Waals surface area contributed by atoms with Crippen molar-refractivity contribution in [3.63, 3.8) is 0 Å². The van der Waals surface area contributed by atoms with Crippen LogP contribution >= 0.6 is 0 Å². The topological polar surface area (TPSA) is 76.9 Å². The number of fused-ring (bicyclic) bond motifs is 1. The van der Waals surface area contributed by atoms with E-state index in [1.165, 1.54) is 0 Å². The van der Waals surface area contributed by atoms with Crippen LogP contribution in [0.1, 0.15) is 36.3 Å². The van der Waals surface area contributed by atoms with Crippen LogP contribution in [-0.4, -0.2) is 20.4 Å². The standard InChI is InChI=1S/C25H24N4O2/c1-17-9-11-20(12-10-17)29-23(28-22-8-4-3-7-21(22)25(29)31)13-14-24(30)27-18(2)19-6-5-15-26-16-19/h3-12,15-16,18H,13-14H2,1-2H3,(H,27,30). The molecule has 156 valence electrons. The van der Waals surface area contributed by atoms with E-state index in [-0.39, 0.29) is 23.9 Å². The Balaban J connectivity index is 1.62. The molecule has 0 fully saturated rings. The predicted octanol–water partition coefficient (Wildman–Crippen LogP) is 3.90. The second-order valence-corrected chi connectivity index (χ2v) is 7.60. The fourth-order valence-corrected chi connectivity index (χ4v) is 3.56. The molecule has 1 N–H and O–H groups in total. The minimum absolute atomic E-state index is 0.103. The number of amides is 1. The molecule has 1 atom stereocenters. The van der Waals surface area contributed by atoms with Crippen LogP contribution in [0.2, 0.25) is 0 Å². The van der Waals surface area contributed by atoms with Crippen LogP contribution in [0.15, 0.2) is 77.9 Å². The number of aromatic nitrogens is 3. The lowest BCUT2D eigenvalue weighted by Gasteiger charge is -2.16. The lowest BCUT2D eigenvalue weighted by atomic mass is 10.1. The van der Waals surface area contributed by atoms with E-state index in [1.54, 1.807) is 23.0 Å². The highest BCUT2D eigenvalue weighted by Crippen LogP contribution is 2.16. The van der Waals surface area contributed by atoms with Gasteiger partial charge in [0.2, 0.25) is 5.91 Å². The van der Waals surface area contributed by atoms with Crippen molar-refractivity contribution in [1.82, 2.24) is 19.9 Å². The summed E-state index contributed by atoms with van der Waals surface area (Å²) < 4.78 is 1.61.